The molecule has 4 aromatic rings. The Hall–Kier alpha value is -6.11. The monoisotopic (exact) mass is 1040 g/mol. The van der Waals surface area contributed by atoms with Crippen molar-refractivity contribution in [3.63, 3.8) is 0 Å². The van der Waals surface area contributed by atoms with Crippen molar-refractivity contribution in [2.75, 3.05) is 49.1 Å². The number of nitrogens with one attached hydrogen (secondary N) is 1. The molecule has 0 unspecified atom stereocenters. The van der Waals surface area contributed by atoms with Gasteiger partial charge in [0.15, 0.2) is 0 Å². The number of alkyl halides is 6. The molecule has 402 valence electrons. The molecule has 0 saturated carbocycles. The minimum Gasteiger partial charge on any atom is -0.439 e. The largest absolute Gasteiger partial charge is 0.439 e. The lowest BCUT2D eigenvalue weighted by Gasteiger charge is -2.39. The Labute approximate surface area is 430 Å². The number of carbonyl (C=O) groups is 3. The number of amides is 3. The van der Waals surface area contributed by atoms with Gasteiger partial charge < -0.3 is 29.5 Å². The Morgan fingerprint density at radius 1 is 0.622 bits per heavy atom. The maximum absolute atomic E-state index is 13.4. The number of hydrogen-bond acceptors (Lipinski definition) is 10. The average molecular weight is 1040 g/mol. The number of benzene rings is 2. The first kappa shape index (κ1) is 55.6. The van der Waals surface area contributed by atoms with Crippen molar-refractivity contribution in [3.8, 4) is 0 Å². The summed E-state index contributed by atoms with van der Waals surface area (Å²) in [5.41, 5.74) is 3.82. The number of pyridine rings is 2. The Morgan fingerprint density at radius 2 is 1.03 bits per heavy atom. The second kappa shape index (κ2) is 23.2. The number of ether oxygens (including phenoxy) is 2. The molecule has 1 N–H and O–H groups in total. The fraction of sp³-hybridized carbons (Fsp3) is 0.545. The molecule has 8 rings (SSSR count). The molecule has 0 radical (unpaired) electrons. The first-order chi connectivity index (χ1) is 35.0. The summed E-state index contributed by atoms with van der Waals surface area (Å²) in [5, 5.41) is 3.39. The first-order valence-electron chi connectivity index (χ1n) is 25.8. The lowest BCUT2D eigenvalue weighted by atomic mass is 9.98. The van der Waals surface area contributed by atoms with Crippen LogP contribution in [-0.4, -0.2) is 106 Å². The summed E-state index contributed by atoms with van der Waals surface area (Å²) in [5.74, 6) is 1.79. The van der Waals surface area contributed by atoms with E-state index in [1.54, 1.807) is 48.9 Å². The Kier molecular flexibility index (Phi) is 17.4. The van der Waals surface area contributed by atoms with Crippen molar-refractivity contribution in [1.29, 1.82) is 0 Å². The van der Waals surface area contributed by atoms with Gasteiger partial charge >= 0.3 is 24.5 Å². The summed E-state index contributed by atoms with van der Waals surface area (Å²) in [6, 6.07) is 11.3. The number of piperidine rings is 2. The van der Waals surface area contributed by atoms with Gasteiger partial charge in [0.25, 0.3) is 0 Å². The predicted octanol–water partition coefficient (Wildman–Crippen LogP) is 11.4. The van der Waals surface area contributed by atoms with Gasteiger partial charge in [-0.3, -0.25) is 14.6 Å². The van der Waals surface area contributed by atoms with Gasteiger partial charge in [-0.1, -0.05) is 30.2 Å². The van der Waals surface area contributed by atoms with Gasteiger partial charge in [-0.2, -0.15) is 26.3 Å². The van der Waals surface area contributed by atoms with Crippen molar-refractivity contribution >= 4 is 29.7 Å². The molecular weight excluding hydrogens is 967 g/mol. The van der Waals surface area contributed by atoms with Crippen LogP contribution >= 0.6 is 0 Å². The van der Waals surface area contributed by atoms with Gasteiger partial charge in [-0.15, -0.1) is 0 Å². The van der Waals surface area contributed by atoms with E-state index in [1.165, 1.54) is 0 Å². The van der Waals surface area contributed by atoms with Gasteiger partial charge in [-0.25, -0.2) is 19.6 Å². The number of rotatable bonds is 13. The fourth-order valence-corrected chi connectivity index (χ4v) is 10.9. The van der Waals surface area contributed by atoms with E-state index in [4.69, 9.17) is 19.4 Å². The number of hydrogen-bond donors (Lipinski definition) is 1. The highest BCUT2D eigenvalue weighted by Crippen LogP contribution is 2.41. The maximum atomic E-state index is 13.4. The van der Waals surface area contributed by atoms with Crippen LogP contribution in [0.25, 0.3) is 0 Å². The van der Waals surface area contributed by atoms with E-state index in [2.05, 4.69) is 29.0 Å². The summed E-state index contributed by atoms with van der Waals surface area (Å²) in [6.07, 6.45) is -3.83. The number of carbonyl (C=O) groups excluding carboxylic acids is 3. The van der Waals surface area contributed by atoms with Crippen molar-refractivity contribution in [3.05, 3.63) is 117 Å². The fourth-order valence-electron chi connectivity index (χ4n) is 10.9. The number of cyclic esters (lactones) is 2. The van der Waals surface area contributed by atoms with Crippen LogP contribution in [0.15, 0.2) is 60.9 Å². The molecular formula is C55H70F6N8O5. The Bertz CT molecular complexity index is 2640. The highest BCUT2D eigenvalue weighted by molar-refractivity contribution is 5.76. The number of likely N-dealkylation sites (tertiary alicyclic amines) is 1. The third-order valence-electron chi connectivity index (χ3n) is 14.7. The van der Waals surface area contributed by atoms with Crippen LogP contribution in [0.4, 0.5) is 47.6 Å². The smallest absolute Gasteiger partial charge is 0.416 e. The zero-order valence-electron chi connectivity index (χ0n) is 43.9. The molecule has 2 aromatic heterocycles. The summed E-state index contributed by atoms with van der Waals surface area (Å²) in [4.78, 5) is 57.2. The maximum Gasteiger partial charge on any atom is 0.416 e. The van der Waals surface area contributed by atoms with Crippen molar-refractivity contribution in [2.45, 2.75) is 156 Å². The lowest BCUT2D eigenvalue weighted by Crippen LogP contribution is -2.47. The molecule has 19 heteroatoms. The topological polar surface area (TPSA) is 124 Å². The number of aryl methyl sites for hydroxylation is 4. The van der Waals surface area contributed by atoms with Gasteiger partial charge in [-0.05, 0) is 153 Å². The van der Waals surface area contributed by atoms with E-state index >= 15 is 0 Å². The third-order valence-corrected chi connectivity index (χ3v) is 14.7. The first-order valence-corrected chi connectivity index (χ1v) is 25.8. The van der Waals surface area contributed by atoms with E-state index in [-0.39, 0.29) is 25.0 Å². The summed E-state index contributed by atoms with van der Waals surface area (Å²) in [7, 11) is 0. The summed E-state index contributed by atoms with van der Waals surface area (Å²) in [6.45, 7) is 22.1. The molecule has 4 aliphatic heterocycles. The molecule has 0 aliphatic carbocycles. The van der Waals surface area contributed by atoms with E-state index < -0.39 is 60.0 Å². The second-order valence-corrected chi connectivity index (χ2v) is 20.1. The highest BCUT2D eigenvalue weighted by atomic mass is 19.4. The second-order valence-electron chi connectivity index (χ2n) is 20.1. The van der Waals surface area contributed by atoms with Crippen LogP contribution in [0.3, 0.4) is 0 Å². The average Bonchev–Trinajstić information content (AvgIpc) is 3.80. The van der Waals surface area contributed by atoms with E-state index in [1.807, 2.05) is 50.9 Å². The van der Waals surface area contributed by atoms with E-state index in [0.29, 0.717) is 54.4 Å². The molecule has 6 heterocycles. The van der Waals surface area contributed by atoms with Crippen LogP contribution in [0.5, 0.6) is 0 Å². The van der Waals surface area contributed by atoms with Crippen LogP contribution in [0.2, 0.25) is 0 Å². The molecule has 4 aliphatic rings. The van der Waals surface area contributed by atoms with Crippen molar-refractivity contribution in [2.24, 2.45) is 0 Å². The summed E-state index contributed by atoms with van der Waals surface area (Å²) < 4.78 is 91.7. The molecule has 4 fully saturated rings. The molecule has 2 aromatic carbocycles. The van der Waals surface area contributed by atoms with Gasteiger partial charge in [0.05, 0.1) is 36.3 Å². The van der Waals surface area contributed by atoms with Gasteiger partial charge in [0.1, 0.15) is 23.8 Å². The normalized spacial score (nSPS) is 20.8. The van der Waals surface area contributed by atoms with Gasteiger partial charge in [0, 0.05) is 68.2 Å². The minimum atomic E-state index is -4.49. The number of halogens is 6. The van der Waals surface area contributed by atoms with Gasteiger partial charge in [0.2, 0.25) is 5.91 Å². The molecule has 74 heavy (non-hydrogen) atoms. The van der Waals surface area contributed by atoms with Crippen LogP contribution < -0.4 is 15.1 Å². The number of aromatic nitrogens is 2. The number of anilines is 2. The molecule has 0 bridgehead atoms. The SMILES string of the molecule is CCC(=O)N1CCC(N(CC)c2ncc(C)cc2CN2C(=O)O[C@H](c3cc(C)cc(C(F)(F)F)c3)[C@@H]2C)CC1.CCN(c1ncc(C)cc1CN1C(=O)O[C@H](c2cc(C)cc(C(F)(F)F)c2)[C@@H]1C)C1CCNCC1. The van der Waals surface area contributed by atoms with Crippen LogP contribution in [-0.2, 0) is 39.7 Å². The van der Waals surface area contributed by atoms with Crippen LogP contribution in [0, 0.1) is 27.7 Å². The standard InChI is InChI=1S/C29H37F3N4O3.C26H33F3N4O2/c1-6-25(37)34-10-8-24(9-11-34)35(7-2)27-22(13-19(4)16-33-27)17-36-20(5)26(39-28(36)38)21-12-18(3)14-23(15-21)29(30,31)32;1-5-32(22-6-8-30-9-7-22)24-20(11-17(3)14-31-24)15-33-18(4)23(35-25(33)34)19-10-16(2)12-21(13-19)26(27,28)29/h12-16,20,24,26H,6-11,17H2,1-5H3;10-14,18,22-23,30H,5-9,15H2,1-4H3/t20-,26-;18-,23-/m00/s1. The lowest BCUT2D eigenvalue weighted by molar-refractivity contribution is -0.138. The molecule has 4 atom stereocenters. The Morgan fingerprint density at radius 3 is 1.41 bits per heavy atom. The molecule has 13 nitrogen and oxygen atoms in total. The highest BCUT2D eigenvalue weighted by Gasteiger charge is 2.44. The van der Waals surface area contributed by atoms with E-state index in [9.17, 15) is 40.7 Å². The summed E-state index contributed by atoms with van der Waals surface area (Å²) >= 11 is 0. The molecule has 3 amide bonds. The minimum absolute atomic E-state index is 0.165. The zero-order valence-corrected chi connectivity index (χ0v) is 43.9. The number of nitrogens with zero attached hydrogens (tertiary/aromatic N) is 7. The zero-order chi connectivity index (χ0) is 53.8. The van der Waals surface area contributed by atoms with Crippen molar-refractivity contribution in [1.82, 2.24) is 30.0 Å². The quantitative estimate of drug-likeness (QED) is 0.129. The van der Waals surface area contributed by atoms with Crippen molar-refractivity contribution < 1.29 is 50.2 Å². The van der Waals surface area contributed by atoms with E-state index in [0.717, 1.165) is 103 Å². The predicted molar refractivity (Wildman–Crippen MR) is 271 cm³/mol. The van der Waals surface area contributed by atoms with Crippen LogP contribution in [0.1, 0.15) is 135 Å². The molecule has 0 spiro atoms. The Balaban J connectivity index is 0.000000217. The third kappa shape index (κ3) is 12.7. The molecule has 4 saturated heterocycles.